The predicted octanol–water partition coefficient (Wildman–Crippen LogP) is 2.95. The third kappa shape index (κ3) is 2.80. The number of halogens is 1. The zero-order chi connectivity index (χ0) is 16.6. The monoisotopic (exact) mass is 329 g/mol. The summed E-state index contributed by atoms with van der Waals surface area (Å²) >= 11 is 6.33. The lowest BCUT2D eigenvalue weighted by Crippen LogP contribution is -2.19. The molecule has 6 heteroatoms. The second kappa shape index (κ2) is 6.01. The maximum atomic E-state index is 11.6. The van der Waals surface area contributed by atoms with E-state index in [4.69, 9.17) is 17.3 Å². The first-order valence-corrected chi connectivity index (χ1v) is 7.79. The van der Waals surface area contributed by atoms with Crippen molar-refractivity contribution in [2.45, 2.75) is 26.2 Å². The van der Waals surface area contributed by atoms with Crippen LogP contribution in [0.25, 0.3) is 11.3 Å². The van der Waals surface area contributed by atoms with Crippen LogP contribution in [0.15, 0.2) is 24.4 Å². The Morgan fingerprint density at radius 1 is 1.39 bits per heavy atom. The van der Waals surface area contributed by atoms with Crippen molar-refractivity contribution in [2.75, 3.05) is 5.32 Å². The highest BCUT2D eigenvalue weighted by Crippen LogP contribution is 2.36. The van der Waals surface area contributed by atoms with Crippen molar-refractivity contribution in [2.24, 2.45) is 5.73 Å². The average molecular weight is 330 g/mol. The number of nitrogens with two attached hydrogens (primary N) is 1. The van der Waals surface area contributed by atoms with Gasteiger partial charge in [-0.2, -0.15) is 0 Å². The number of aromatic nitrogens is 1. The zero-order valence-electron chi connectivity index (χ0n) is 12.6. The first-order valence-electron chi connectivity index (χ1n) is 7.41. The molecule has 0 atom stereocenters. The second-order valence-electron chi connectivity index (χ2n) is 5.44. The number of hydrogen-bond acceptors (Lipinski definition) is 3. The molecule has 0 fully saturated rings. The molecule has 1 aliphatic rings. The minimum atomic E-state index is -0.471. The van der Waals surface area contributed by atoms with Gasteiger partial charge in [-0.3, -0.25) is 14.6 Å². The maximum Gasteiger partial charge on any atom is 0.249 e. The molecule has 3 N–H and O–H groups in total. The Hall–Kier alpha value is -2.40. The van der Waals surface area contributed by atoms with E-state index in [1.165, 1.54) is 0 Å². The minimum Gasteiger partial charge on any atom is -0.366 e. The van der Waals surface area contributed by atoms with Crippen LogP contribution in [0.1, 0.15) is 34.8 Å². The number of carbonyl (C=O) groups excluding carboxylic acids is 2. The summed E-state index contributed by atoms with van der Waals surface area (Å²) < 4.78 is 0. The van der Waals surface area contributed by atoms with E-state index >= 15 is 0 Å². The molecule has 1 aromatic heterocycles. The highest BCUT2D eigenvalue weighted by molar-refractivity contribution is 6.34. The molecule has 1 aliphatic heterocycles. The molecule has 0 saturated carbocycles. The van der Waals surface area contributed by atoms with Gasteiger partial charge in [0.05, 0.1) is 16.4 Å². The van der Waals surface area contributed by atoms with E-state index in [9.17, 15) is 9.59 Å². The molecule has 2 aromatic rings. The third-order valence-electron chi connectivity index (χ3n) is 4.01. The molecular weight excluding hydrogens is 314 g/mol. The maximum absolute atomic E-state index is 11.6. The molecule has 1 aromatic carbocycles. The zero-order valence-corrected chi connectivity index (χ0v) is 13.4. The molecule has 2 heterocycles. The standard InChI is InChI=1S/C17H16ClN3O2/c1-2-11-12(17(19)23)5-6-20-15(11)10-7-9-3-4-14(22)21-16(9)13(18)8-10/h5-8H,2-4H2,1H3,(H2,19,23)(H,21,22). The Balaban J connectivity index is 2.17. The van der Waals surface area contributed by atoms with Gasteiger partial charge < -0.3 is 11.1 Å². The minimum absolute atomic E-state index is 0.0322. The van der Waals surface area contributed by atoms with Crippen LogP contribution in [0, 0.1) is 0 Å². The number of primary amides is 1. The molecule has 0 saturated heterocycles. The van der Waals surface area contributed by atoms with Crippen molar-refractivity contribution in [1.29, 1.82) is 0 Å². The number of anilines is 1. The summed E-state index contributed by atoms with van der Waals surface area (Å²) in [6.45, 7) is 1.95. The summed E-state index contributed by atoms with van der Waals surface area (Å²) in [6.07, 6.45) is 3.27. The average Bonchev–Trinajstić information content (AvgIpc) is 2.54. The van der Waals surface area contributed by atoms with Crippen molar-refractivity contribution >= 4 is 29.1 Å². The predicted molar refractivity (Wildman–Crippen MR) is 89.5 cm³/mol. The van der Waals surface area contributed by atoms with Crippen LogP contribution in [0.4, 0.5) is 5.69 Å². The molecular formula is C17H16ClN3O2. The van der Waals surface area contributed by atoms with E-state index < -0.39 is 5.91 Å². The normalized spacial score (nSPS) is 13.4. The lowest BCUT2D eigenvalue weighted by Gasteiger charge is -2.20. The van der Waals surface area contributed by atoms with Crippen molar-refractivity contribution in [1.82, 2.24) is 4.98 Å². The quantitative estimate of drug-likeness (QED) is 0.907. The number of carbonyl (C=O) groups is 2. The smallest absolute Gasteiger partial charge is 0.249 e. The van der Waals surface area contributed by atoms with E-state index in [-0.39, 0.29) is 5.91 Å². The van der Waals surface area contributed by atoms with Gasteiger partial charge in [-0.05, 0) is 42.2 Å². The Morgan fingerprint density at radius 3 is 2.87 bits per heavy atom. The summed E-state index contributed by atoms with van der Waals surface area (Å²) in [4.78, 5) is 27.6. The first-order chi connectivity index (χ1) is 11.0. The van der Waals surface area contributed by atoms with Crippen molar-refractivity contribution in [3.05, 3.63) is 46.1 Å². The van der Waals surface area contributed by atoms with Gasteiger partial charge in [0, 0.05) is 23.7 Å². The number of hydrogen-bond donors (Lipinski definition) is 2. The van der Waals surface area contributed by atoms with Crippen LogP contribution in [-0.4, -0.2) is 16.8 Å². The van der Waals surface area contributed by atoms with Crippen LogP contribution < -0.4 is 11.1 Å². The third-order valence-corrected chi connectivity index (χ3v) is 4.30. The van der Waals surface area contributed by atoms with Crippen LogP contribution in [-0.2, 0) is 17.6 Å². The molecule has 118 valence electrons. The van der Waals surface area contributed by atoms with E-state index in [2.05, 4.69) is 10.3 Å². The molecule has 23 heavy (non-hydrogen) atoms. The SMILES string of the molecule is CCc1c(C(N)=O)ccnc1-c1cc(Cl)c2c(c1)CCC(=O)N2. The summed E-state index contributed by atoms with van der Waals surface area (Å²) in [6, 6.07) is 5.36. The summed E-state index contributed by atoms with van der Waals surface area (Å²) in [5, 5.41) is 3.27. The highest BCUT2D eigenvalue weighted by atomic mass is 35.5. The second-order valence-corrected chi connectivity index (χ2v) is 5.85. The van der Waals surface area contributed by atoms with Crippen LogP contribution >= 0.6 is 11.6 Å². The first kappa shape index (κ1) is 15.5. The van der Waals surface area contributed by atoms with Crippen LogP contribution in [0.5, 0.6) is 0 Å². The van der Waals surface area contributed by atoms with Gasteiger partial charge in [0.2, 0.25) is 11.8 Å². The van der Waals surface area contributed by atoms with E-state index in [0.29, 0.717) is 41.2 Å². The molecule has 0 aliphatic carbocycles. The number of fused-ring (bicyclic) bond motifs is 1. The van der Waals surface area contributed by atoms with Gasteiger partial charge in [0.15, 0.2) is 0 Å². The molecule has 0 radical (unpaired) electrons. The number of amides is 2. The molecule has 5 nitrogen and oxygen atoms in total. The molecule has 0 unspecified atom stereocenters. The van der Waals surface area contributed by atoms with Gasteiger partial charge in [0.1, 0.15) is 0 Å². The summed E-state index contributed by atoms with van der Waals surface area (Å²) in [5.41, 5.74) is 9.89. The van der Waals surface area contributed by atoms with Gasteiger partial charge in [-0.1, -0.05) is 18.5 Å². The Morgan fingerprint density at radius 2 is 2.17 bits per heavy atom. The number of rotatable bonds is 3. The lowest BCUT2D eigenvalue weighted by molar-refractivity contribution is -0.116. The molecule has 0 spiro atoms. The van der Waals surface area contributed by atoms with Gasteiger partial charge in [-0.15, -0.1) is 0 Å². The van der Waals surface area contributed by atoms with Crippen molar-refractivity contribution < 1.29 is 9.59 Å². The topological polar surface area (TPSA) is 85.1 Å². The number of nitrogens with one attached hydrogen (secondary N) is 1. The fourth-order valence-electron chi connectivity index (χ4n) is 2.92. The largest absolute Gasteiger partial charge is 0.366 e. The van der Waals surface area contributed by atoms with Gasteiger partial charge in [-0.25, -0.2) is 0 Å². The fraction of sp³-hybridized carbons (Fsp3) is 0.235. The van der Waals surface area contributed by atoms with Crippen LogP contribution in [0.3, 0.4) is 0 Å². The number of aryl methyl sites for hydroxylation is 1. The van der Waals surface area contributed by atoms with Gasteiger partial charge >= 0.3 is 0 Å². The van der Waals surface area contributed by atoms with Crippen molar-refractivity contribution in [3.8, 4) is 11.3 Å². The van der Waals surface area contributed by atoms with Crippen LogP contribution in [0.2, 0.25) is 5.02 Å². The number of pyridine rings is 1. The van der Waals surface area contributed by atoms with E-state index in [0.717, 1.165) is 16.7 Å². The lowest BCUT2D eigenvalue weighted by atomic mass is 9.94. The van der Waals surface area contributed by atoms with Gasteiger partial charge in [0.25, 0.3) is 0 Å². The Kier molecular flexibility index (Phi) is 4.05. The van der Waals surface area contributed by atoms with E-state index in [1.54, 1.807) is 18.3 Å². The fourth-order valence-corrected chi connectivity index (χ4v) is 3.20. The Bertz CT molecular complexity index is 818. The highest BCUT2D eigenvalue weighted by Gasteiger charge is 2.21. The van der Waals surface area contributed by atoms with Crippen molar-refractivity contribution in [3.63, 3.8) is 0 Å². The molecule has 0 bridgehead atoms. The summed E-state index contributed by atoms with van der Waals surface area (Å²) in [5.74, 6) is -0.503. The number of nitrogens with zero attached hydrogens (tertiary/aromatic N) is 1. The Labute approximate surface area is 138 Å². The molecule has 3 rings (SSSR count). The van der Waals surface area contributed by atoms with E-state index in [1.807, 2.05) is 13.0 Å². The number of benzene rings is 1. The molecule has 2 amide bonds. The summed E-state index contributed by atoms with van der Waals surface area (Å²) in [7, 11) is 0.